The molecule has 28 heavy (non-hydrogen) atoms. The summed E-state index contributed by atoms with van der Waals surface area (Å²) in [5, 5.41) is 12.5. The van der Waals surface area contributed by atoms with Gasteiger partial charge in [-0.15, -0.1) is 10.2 Å². The minimum Gasteiger partial charge on any atom is -0.328 e. The maximum absolute atomic E-state index is 12.7. The molecule has 3 aromatic heterocycles. The molecule has 0 radical (unpaired) electrons. The highest BCUT2D eigenvalue weighted by Gasteiger charge is 2.14. The van der Waals surface area contributed by atoms with Crippen molar-refractivity contribution in [3.63, 3.8) is 0 Å². The van der Waals surface area contributed by atoms with E-state index in [4.69, 9.17) is 0 Å². The second-order valence-corrected chi connectivity index (χ2v) is 7.31. The van der Waals surface area contributed by atoms with Gasteiger partial charge < -0.3 is 4.57 Å². The molecular formula is C17H17BrN8O2. The van der Waals surface area contributed by atoms with E-state index in [0.29, 0.717) is 30.0 Å². The minimum atomic E-state index is -0.390. The van der Waals surface area contributed by atoms with Crippen LogP contribution in [0.25, 0.3) is 22.6 Å². The van der Waals surface area contributed by atoms with Crippen molar-refractivity contribution in [3.8, 4) is 11.4 Å². The van der Waals surface area contributed by atoms with Crippen molar-refractivity contribution >= 4 is 27.1 Å². The van der Waals surface area contributed by atoms with E-state index in [9.17, 15) is 9.59 Å². The van der Waals surface area contributed by atoms with Crippen LogP contribution >= 0.6 is 15.9 Å². The summed E-state index contributed by atoms with van der Waals surface area (Å²) in [5.41, 5.74) is 0.907. The highest BCUT2D eigenvalue weighted by molar-refractivity contribution is 9.10. The molecule has 0 amide bonds. The fourth-order valence-corrected chi connectivity index (χ4v) is 3.28. The second kappa shape index (κ2) is 7.15. The highest BCUT2D eigenvalue weighted by atomic mass is 79.9. The monoisotopic (exact) mass is 444 g/mol. The maximum Gasteiger partial charge on any atom is 0.332 e. The fraction of sp³-hybridized carbons (Fsp3) is 0.294. The molecule has 0 aliphatic heterocycles. The smallest absolute Gasteiger partial charge is 0.328 e. The molecule has 0 saturated heterocycles. The van der Waals surface area contributed by atoms with E-state index in [1.165, 1.54) is 20.3 Å². The molecule has 0 bridgehead atoms. The molecule has 3 heterocycles. The maximum atomic E-state index is 12.7. The zero-order valence-corrected chi connectivity index (χ0v) is 16.9. The fourth-order valence-electron chi connectivity index (χ4n) is 3.02. The minimum absolute atomic E-state index is 0.252. The van der Waals surface area contributed by atoms with E-state index in [-0.39, 0.29) is 12.1 Å². The molecular weight excluding hydrogens is 428 g/mol. The van der Waals surface area contributed by atoms with E-state index in [1.807, 2.05) is 24.3 Å². The topological polar surface area (TPSA) is 105 Å². The number of fused-ring (bicyclic) bond motifs is 1. The summed E-state index contributed by atoms with van der Waals surface area (Å²) in [5.74, 6) is 0.525. The first-order chi connectivity index (χ1) is 13.5. The summed E-state index contributed by atoms with van der Waals surface area (Å²) in [4.78, 5) is 30.8. The lowest BCUT2D eigenvalue weighted by Crippen LogP contribution is -2.39. The van der Waals surface area contributed by atoms with Crippen LogP contribution in [-0.2, 0) is 27.2 Å². The summed E-state index contributed by atoms with van der Waals surface area (Å²) in [7, 11) is 3.34. The third kappa shape index (κ3) is 3.17. The molecule has 0 unspecified atom stereocenters. The average molecular weight is 445 g/mol. The van der Waals surface area contributed by atoms with Gasteiger partial charge in [0, 0.05) is 30.7 Å². The molecule has 0 spiro atoms. The van der Waals surface area contributed by atoms with Gasteiger partial charge in [0.05, 0.1) is 12.9 Å². The zero-order valence-electron chi connectivity index (χ0n) is 15.3. The Kier molecular flexibility index (Phi) is 4.67. The van der Waals surface area contributed by atoms with Crippen LogP contribution in [0.15, 0.2) is 44.7 Å². The van der Waals surface area contributed by atoms with Gasteiger partial charge in [0.15, 0.2) is 11.2 Å². The standard InChI is InChI=1S/C17H17BrN8O2/c1-23-10-19-15-13(23)16(27)25(17(28)24(15)2)8-3-9-26-21-14(20-22-26)11-4-6-12(18)7-5-11/h4-7,10H,3,8-9H2,1-2H3. The molecule has 0 atom stereocenters. The van der Waals surface area contributed by atoms with Gasteiger partial charge in [0.1, 0.15) is 0 Å². The number of imidazole rings is 1. The van der Waals surface area contributed by atoms with E-state index in [0.717, 1.165) is 10.0 Å². The first-order valence-corrected chi connectivity index (χ1v) is 9.39. The van der Waals surface area contributed by atoms with Crippen LogP contribution in [0.5, 0.6) is 0 Å². The molecule has 0 N–H and O–H groups in total. The van der Waals surface area contributed by atoms with E-state index < -0.39 is 5.69 Å². The van der Waals surface area contributed by atoms with Crippen LogP contribution in [0.3, 0.4) is 0 Å². The Hall–Kier alpha value is -3.08. The molecule has 0 aliphatic carbocycles. The lowest BCUT2D eigenvalue weighted by atomic mass is 10.2. The molecule has 144 valence electrons. The van der Waals surface area contributed by atoms with Crippen molar-refractivity contribution in [2.75, 3.05) is 0 Å². The molecule has 11 heteroatoms. The zero-order chi connectivity index (χ0) is 19.8. The van der Waals surface area contributed by atoms with E-state index in [1.54, 1.807) is 18.7 Å². The second-order valence-electron chi connectivity index (χ2n) is 6.40. The Bertz CT molecular complexity index is 1270. The molecule has 0 fully saturated rings. The molecule has 0 aliphatic rings. The van der Waals surface area contributed by atoms with Crippen LogP contribution in [0, 0.1) is 0 Å². The van der Waals surface area contributed by atoms with Gasteiger partial charge in [-0.2, -0.15) is 4.80 Å². The predicted octanol–water partition coefficient (Wildman–Crippen LogP) is 0.940. The Morgan fingerprint density at radius 2 is 1.82 bits per heavy atom. The number of halogens is 1. The number of rotatable bonds is 5. The van der Waals surface area contributed by atoms with Gasteiger partial charge in [0.25, 0.3) is 5.56 Å². The van der Waals surface area contributed by atoms with Gasteiger partial charge in [-0.3, -0.25) is 13.9 Å². The number of aromatic nitrogens is 8. The van der Waals surface area contributed by atoms with Crippen molar-refractivity contribution in [1.29, 1.82) is 0 Å². The van der Waals surface area contributed by atoms with Gasteiger partial charge in [-0.25, -0.2) is 9.78 Å². The number of hydrogen-bond donors (Lipinski definition) is 0. The third-order valence-electron chi connectivity index (χ3n) is 4.50. The number of aryl methyl sites for hydroxylation is 3. The van der Waals surface area contributed by atoms with Crippen LogP contribution in [-0.4, -0.2) is 38.9 Å². The van der Waals surface area contributed by atoms with E-state index in [2.05, 4.69) is 36.3 Å². The van der Waals surface area contributed by atoms with Gasteiger partial charge in [0.2, 0.25) is 5.82 Å². The summed E-state index contributed by atoms with van der Waals surface area (Å²) < 4.78 is 5.20. The summed E-state index contributed by atoms with van der Waals surface area (Å²) in [6.45, 7) is 0.685. The van der Waals surface area contributed by atoms with Gasteiger partial charge >= 0.3 is 5.69 Å². The first-order valence-electron chi connectivity index (χ1n) is 8.60. The molecule has 4 rings (SSSR count). The molecule has 4 aromatic rings. The molecule has 0 saturated carbocycles. The number of tetrazole rings is 1. The molecule has 1 aromatic carbocycles. The van der Waals surface area contributed by atoms with Crippen molar-refractivity contribution < 1.29 is 0 Å². The Morgan fingerprint density at radius 1 is 1.07 bits per heavy atom. The normalized spacial score (nSPS) is 11.4. The van der Waals surface area contributed by atoms with Crippen molar-refractivity contribution in [2.24, 2.45) is 14.1 Å². The van der Waals surface area contributed by atoms with Crippen LogP contribution in [0.2, 0.25) is 0 Å². The van der Waals surface area contributed by atoms with Crippen molar-refractivity contribution in [2.45, 2.75) is 19.5 Å². The van der Waals surface area contributed by atoms with Crippen molar-refractivity contribution in [1.82, 2.24) is 38.9 Å². The van der Waals surface area contributed by atoms with Gasteiger partial charge in [-0.05, 0) is 35.9 Å². The van der Waals surface area contributed by atoms with Gasteiger partial charge in [-0.1, -0.05) is 15.9 Å². The number of benzene rings is 1. The van der Waals surface area contributed by atoms with Crippen LogP contribution in [0.1, 0.15) is 6.42 Å². The third-order valence-corrected chi connectivity index (χ3v) is 5.02. The first kappa shape index (κ1) is 18.3. The summed E-state index contributed by atoms with van der Waals surface area (Å²) in [6, 6.07) is 7.62. The number of nitrogens with zero attached hydrogens (tertiary/aromatic N) is 8. The Morgan fingerprint density at radius 3 is 2.57 bits per heavy atom. The van der Waals surface area contributed by atoms with E-state index >= 15 is 0 Å². The number of hydrogen-bond acceptors (Lipinski definition) is 6. The van der Waals surface area contributed by atoms with Crippen molar-refractivity contribution in [3.05, 3.63) is 55.9 Å². The predicted molar refractivity (Wildman–Crippen MR) is 106 cm³/mol. The summed E-state index contributed by atoms with van der Waals surface area (Å²) in [6.07, 6.45) is 2.04. The Balaban J connectivity index is 1.52. The SMILES string of the molecule is Cn1cnc2c1c(=O)n(CCCn1nnc(-c3ccc(Br)cc3)n1)c(=O)n2C. The Labute approximate surface area is 167 Å². The van der Waals surface area contributed by atoms with Crippen LogP contribution < -0.4 is 11.2 Å². The quantitative estimate of drug-likeness (QED) is 0.453. The summed E-state index contributed by atoms with van der Waals surface area (Å²) >= 11 is 3.39. The van der Waals surface area contributed by atoms with Crippen LogP contribution in [0.4, 0.5) is 0 Å². The lowest BCUT2D eigenvalue weighted by Gasteiger charge is -2.08. The lowest BCUT2D eigenvalue weighted by molar-refractivity contribution is 0.457. The molecule has 10 nitrogen and oxygen atoms in total. The largest absolute Gasteiger partial charge is 0.332 e. The highest BCUT2D eigenvalue weighted by Crippen LogP contribution is 2.17. The average Bonchev–Trinajstić information content (AvgIpc) is 3.30.